The number of hydrogen-bond donors (Lipinski definition) is 2. The number of anilines is 1. The third kappa shape index (κ3) is 6.26. The molecule has 1 atom stereocenters. The number of nitrogens with one attached hydrogen (secondary N) is 2. The van der Waals surface area contributed by atoms with Crippen LogP contribution in [0.4, 0.5) is 10.5 Å². The van der Waals surface area contributed by atoms with Gasteiger partial charge in [0.2, 0.25) is 0 Å². The van der Waals surface area contributed by atoms with Gasteiger partial charge in [-0.05, 0) is 85.6 Å². The van der Waals surface area contributed by atoms with E-state index in [1.165, 1.54) is 44.1 Å². The summed E-state index contributed by atoms with van der Waals surface area (Å²) in [5, 5.41) is 6.78. The lowest BCUT2D eigenvalue weighted by molar-refractivity contribution is 0.123. The molecule has 36 heavy (non-hydrogen) atoms. The molecule has 2 aliphatic rings. The van der Waals surface area contributed by atoms with Crippen LogP contribution in [-0.4, -0.2) is 41.6 Å². The Hall–Kier alpha value is -2.89. The van der Waals surface area contributed by atoms with Crippen LogP contribution in [0.1, 0.15) is 50.0 Å². The molecule has 2 aromatic carbocycles. The van der Waals surface area contributed by atoms with E-state index in [0.717, 1.165) is 35.3 Å². The van der Waals surface area contributed by atoms with Crippen LogP contribution in [0.3, 0.4) is 0 Å². The second-order valence-electron chi connectivity index (χ2n) is 10.1. The third-order valence-electron chi connectivity index (χ3n) is 7.88. The number of benzene rings is 2. The summed E-state index contributed by atoms with van der Waals surface area (Å²) in [6.07, 6.45) is 11.2. The summed E-state index contributed by atoms with van der Waals surface area (Å²) in [7, 11) is 0. The number of aromatic nitrogens is 1. The number of carbonyl (C=O) groups excluding carboxylic acids is 1. The number of carbonyl (C=O) groups is 1. The van der Waals surface area contributed by atoms with Crippen molar-refractivity contribution in [1.29, 1.82) is 0 Å². The van der Waals surface area contributed by atoms with Gasteiger partial charge in [-0.3, -0.25) is 4.98 Å². The van der Waals surface area contributed by atoms with Gasteiger partial charge in [0.15, 0.2) is 0 Å². The van der Waals surface area contributed by atoms with Gasteiger partial charge < -0.3 is 15.5 Å². The van der Waals surface area contributed by atoms with Gasteiger partial charge in [-0.15, -0.1) is 0 Å². The molecule has 0 bridgehead atoms. The van der Waals surface area contributed by atoms with E-state index in [-0.39, 0.29) is 11.9 Å². The van der Waals surface area contributed by atoms with E-state index in [0.29, 0.717) is 18.2 Å². The zero-order valence-electron chi connectivity index (χ0n) is 20.7. The Morgan fingerprint density at radius 2 is 1.75 bits per heavy atom. The highest BCUT2D eigenvalue weighted by Gasteiger charge is 2.31. The highest BCUT2D eigenvalue weighted by Crippen LogP contribution is 2.36. The van der Waals surface area contributed by atoms with Gasteiger partial charge in [0.05, 0.1) is 11.9 Å². The summed E-state index contributed by atoms with van der Waals surface area (Å²) in [6, 6.07) is 21.0. The summed E-state index contributed by atoms with van der Waals surface area (Å²) in [5.41, 5.74) is 4.24. The predicted octanol–water partition coefficient (Wildman–Crippen LogP) is 6.96. The Balaban J connectivity index is 1.28. The van der Waals surface area contributed by atoms with E-state index >= 15 is 0 Å². The molecule has 2 fully saturated rings. The predicted molar refractivity (Wildman–Crippen MR) is 147 cm³/mol. The van der Waals surface area contributed by atoms with Crippen molar-refractivity contribution < 1.29 is 4.79 Å². The van der Waals surface area contributed by atoms with Crippen molar-refractivity contribution in [2.75, 3.05) is 25.0 Å². The summed E-state index contributed by atoms with van der Waals surface area (Å²) in [4.78, 5) is 19.4. The van der Waals surface area contributed by atoms with Crippen LogP contribution in [-0.2, 0) is 0 Å². The highest BCUT2D eigenvalue weighted by atomic mass is 35.5. The Labute approximate surface area is 219 Å². The van der Waals surface area contributed by atoms with Crippen molar-refractivity contribution >= 4 is 23.3 Å². The van der Waals surface area contributed by atoms with Crippen molar-refractivity contribution in [3.05, 3.63) is 83.6 Å². The fraction of sp³-hybridized carbons (Fsp3) is 0.400. The Bertz CT molecular complexity index is 1120. The smallest absolute Gasteiger partial charge is 0.319 e. The number of rotatable bonds is 7. The number of hydrogen-bond acceptors (Lipinski definition) is 3. The maximum absolute atomic E-state index is 12.7. The quantitative estimate of drug-likeness (QED) is 0.367. The molecule has 0 spiro atoms. The summed E-state index contributed by atoms with van der Waals surface area (Å²) >= 11 is 6.21. The molecule has 2 N–H and O–H groups in total. The van der Waals surface area contributed by atoms with Gasteiger partial charge in [-0.25, -0.2) is 4.79 Å². The van der Waals surface area contributed by atoms with Crippen molar-refractivity contribution in [1.82, 2.24) is 15.2 Å². The molecular weight excluding hydrogens is 468 g/mol. The van der Waals surface area contributed by atoms with Crippen LogP contribution in [0.2, 0.25) is 5.02 Å². The van der Waals surface area contributed by atoms with Crippen molar-refractivity contribution in [3.8, 4) is 11.1 Å². The van der Waals surface area contributed by atoms with Crippen LogP contribution >= 0.6 is 11.6 Å². The monoisotopic (exact) mass is 502 g/mol. The maximum atomic E-state index is 12.7. The number of pyridine rings is 1. The molecule has 3 aromatic rings. The van der Waals surface area contributed by atoms with E-state index in [1.807, 2.05) is 30.3 Å². The standard InChI is InChI=1S/C30H35ClN4O/c31-26-6-3-5-25(19-26)22-10-12-23(13-11-22)29(21-33-30(36)34-27-7-4-16-32-20-27)24-14-17-35(18-15-24)28-8-1-2-9-28/h3-7,10-13,16,19-20,24,28-29H,1-2,8-9,14-15,17-18,21H2,(H2,33,34,36). The number of nitrogens with zero attached hydrogens (tertiary/aromatic N) is 2. The normalized spacial score (nSPS) is 18.1. The van der Waals surface area contributed by atoms with Crippen LogP contribution in [0.5, 0.6) is 0 Å². The van der Waals surface area contributed by atoms with Gasteiger partial charge in [-0.1, -0.05) is 60.8 Å². The molecule has 0 radical (unpaired) electrons. The molecule has 5 rings (SSSR count). The molecular formula is C30H35ClN4O. The lowest BCUT2D eigenvalue weighted by Crippen LogP contribution is -2.43. The fourth-order valence-corrected chi connectivity index (χ4v) is 6.11. The molecule has 6 heteroatoms. The van der Waals surface area contributed by atoms with Crippen molar-refractivity contribution in [2.45, 2.75) is 50.5 Å². The number of halogens is 1. The SMILES string of the molecule is O=C(NCC(c1ccc(-c2cccc(Cl)c2)cc1)C1CCN(C2CCCC2)CC1)Nc1cccnc1. The second-order valence-corrected chi connectivity index (χ2v) is 10.6. The lowest BCUT2D eigenvalue weighted by Gasteiger charge is -2.39. The Morgan fingerprint density at radius 3 is 2.44 bits per heavy atom. The number of urea groups is 1. The first-order valence-corrected chi connectivity index (χ1v) is 13.6. The van der Waals surface area contributed by atoms with Gasteiger partial charge in [0, 0.05) is 29.7 Å². The topological polar surface area (TPSA) is 57.3 Å². The maximum Gasteiger partial charge on any atom is 0.319 e. The van der Waals surface area contributed by atoms with Crippen LogP contribution in [0.15, 0.2) is 73.1 Å². The molecule has 188 valence electrons. The molecule has 1 aromatic heterocycles. The molecule has 5 nitrogen and oxygen atoms in total. The van der Waals surface area contributed by atoms with Crippen LogP contribution in [0, 0.1) is 5.92 Å². The second kappa shape index (κ2) is 11.9. The fourth-order valence-electron chi connectivity index (χ4n) is 5.92. The highest BCUT2D eigenvalue weighted by molar-refractivity contribution is 6.30. The van der Waals surface area contributed by atoms with Gasteiger partial charge in [0.25, 0.3) is 0 Å². The molecule has 1 aliphatic carbocycles. The number of amides is 2. The first-order chi connectivity index (χ1) is 17.7. The molecule has 2 amide bonds. The first kappa shape index (κ1) is 24.8. The number of piperidine rings is 1. The number of likely N-dealkylation sites (tertiary alicyclic amines) is 1. The Morgan fingerprint density at radius 1 is 0.972 bits per heavy atom. The average Bonchev–Trinajstić information content (AvgIpc) is 3.45. The van der Waals surface area contributed by atoms with E-state index in [9.17, 15) is 4.79 Å². The largest absolute Gasteiger partial charge is 0.337 e. The molecule has 1 unspecified atom stereocenters. The lowest BCUT2D eigenvalue weighted by atomic mass is 9.79. The minimum Gasteiger partial charge on any atom is -0.337 e. The van der Waals surface area contributed by atoms with E-state index in [1.54, 1.807) is 12.4 Å². The Kier molecular flexibility index (Phi) is 8.19. The van der Waals surface area contributed by atoms with E-state index in [2.05, 4.69) is 50.8 Å². The summed E-state index contributed by atoms with van der Waals surface area (Å²) in [5.74, 6) is 0.808. The summed E-state index contributed by atoms with van der Waals surface area (Å²) in [6.45, 7) is 2.93. The molecule has 1 saturated carbocycles. The third-order valence-corrected chi connectivity index (χ3v) is 8.12. The van der Waals surface area contributed by atoms with Crippen LogP contribution < -0.4 is 10.6 Å². The zero-order valence-corrected chi connectivity index (χ0v) is 21.5. The van der Waals surface area contributed by atoms with Crippen LogP contribution in [0.25, 0.3) is 11.1 Å². The van der Waals surface area contributed by atoms with Crippen molar-refractivity contribution in [2.24, 2.45) is 5.92 Å². The molecule has 1 saturated heterocycles. The van der Waals surface area contributed by atoms with Gasteiger partial charge in [-0.2, -0.15) is 0 Å². The molecule has 2 heterocycles. The van der Waals surface area contributed by atoms with E-state index < -0.39 is 0 Å². The van der Waals surface area contributed by atoms with Gasteiger partial charge in [0.1, 0.15) is 0 Å². The first-order valence-electron chi connectivity index (χ1n) is 13.2. The minimum atomic E-state index is -0.188. The zero-order chi connectivity index (χ0) is 24.7. The van der Waals surface area contributed by atoms with E-state index in [4.69, 9.17) is 11.6 Å². The molecule has 1 aliphatic heterocycles. The van der Waals surface area contributed by atoms with Gasteiger partial charge >= 0.3 is 6.03 Å². The van der Waals surface area contributed by atoms with Crippen molar-refractivity contribution in [3.63, 3.8) is 0 Å². The summed E-state index contributed by atoms with van der Waals surface area (Å²) < 4.78 is 0. The average molecular weight is 503 g/mol. The minimum absolute atomic E-state index is 0.188.